The number of carbonyl (C=O) groups is 1. The van der Waals surface area contributed by atoms with E-state index in [-0.39, 0.29) is 16.3 Å². The summed E-state index contributed by atoms with van der Waals surface area (Å²) >= 11 is 0. The minimum absolute atomic E-state index is 0.0162. The highest BCUT2D eigenvalue weighted by atomic mass is 32.2. The summed E-state index contributed by atoms with van der Waals surface area (Å²) in [6.07, 6.45) is 0.688. The summed E-state index contributed by atoms with van der Waals surface area (Å²) in [6.45, 7) is 5.10. The number of hydrogen-bond acceptors (Lipinski definition) is 5. The molecule has 0 aromatic heterocycles. The standard InChI is InChI=1S/C24H25N3O5S/c1-4-19-8-5-7-18(3)24(19)25-23(28)16-26(20-9-6-10-21(15-20)27(29)30)33(31,32)22-13-11-17(2)12-14-22/h5-15H,4,16H2,1-3H3,(H,25,28). The SMILES string of the molecule is CCc1cccc(C)c1NC(=O)CN(c1cccc([N+](=O)[O-])c1)S(=O)(=O)c1ccc(C)cc1. The molecule has 0 aliphatic heterocycles. The predicted octanol–water partition coefficient (Wildman–Crippen LogP) is 4.61. The molecule has 1 N–H and O–H groups in total. The molecular formula is C24H25N3O5S. The first-order chi connectivity index (χ1) is 15.6. The van der Waals surface area contributed by atoms with E-state index in [0.29, 0.717) is 12.1 Å². The Morgan fingerprint density at radius 3 is 2.33 bits per heavy atom. The molecular weight excluding hydrogens is 442 g/mol. The predicted molar refractivity (Wildman–Crippen MR) is 128 cm³/mol. The van der Waals surface area contributed by atoms with E-state index in [0.717, 1.165) is 27.1 Å². The largest absolute Gasteiger partial charge is 0.324 e. The molecule has 33 heavy (non-hydrogen) atoms. The summed E-state index contributed by atoms with van der Waals surface area (Å²) in [5.41, 5.74) is 3.04. The second-order valence-electron chi connectivity index (χ2n) is 7.61. The van der Waals surface area contributed by atoms with Crippen LogP contribution in [0.2, 0.25) is 0 Å². The summed E-state index contributed by atoms with van der Waals surface area (Å²) < 4.78 is 27.9. The molecule has 0 bridgehead atoms. The number of para-hydroxylation sites is 1. The molecule has 0 atom stereocenters. The number of sulfonamides is 1. The lowest BCUT2D eigenvalue weighted by Gasteiger charge is -2.24. The molecule has 0 saturated heterocycles. The van der Waals surface area contributed by atoms with Crippen LogP contribution in [-0.4, -0.2) is 25.8 Å². The molecule has 0 saturated carbocycles. The molecule has 3 rings (SSSR count). The quantitative estimate of drug-likeness (QED) is 0.384. The summed E-state index contributed by atoms with van der Waals surface area (Å²) in [4.78, 5) is 23.7. The fourth-order valence-electron chi connectivity index (χ4n) is 3.43. The first-order valence-corrected chi connectivity index (χ1v) is 11.8. The number of nitro benzene ring substituents is 1. The zero-order valence-corrected chi connectivity index (χ0v) is 19.4. The summed E-state index contributed by atoms with van der Waals surface area (Å²) in [5.74, 6) is -0.554. The Bertz CT molecular complexity index is 1290. The lowest BCUT2D eigenvalue weighted by Crippen LogP contribution is -2.38. The number of aryl methyl sites for hydroxylation is 3. The average Bonchev–Trinajstić information content (AvgIpc) is 2.79. The van der Waals surface area contributed by atoms with E-state index in [1.54, 1.807) is 12.1 Å². The third-order valence-corrected chi connectivity index (χ3v) is 7.02. The van der Waals surface area contributed by atoms with Gasteiger partial charge in [0.25, 0.3) is 15.7 Å². The molecule has 0 fully saturated rings. The van der Waals surface area contributed by atoms with E-state index in [1.807, 2.05) is 39.0 Å². The van der Waals surface area contributed by atoms with Gasteiger partial charge in [-0.2, -0.15) is 0 Å². The van der Waals surface area contributed by atoms with Crippen molar-refractivity contribution in [2.75, 3.05) is 16.2 Å². The van der Waals surface area contributed by atoms with Gasteiger partial charge in [0.15, 0.2) is 0 Å². The van der Waals surface area contributed by atoms with Crippen LogP contribution >= 0.6 is 0 Å². The van der Waals surface area contributed by atoms with Crippen molar-refractivity contribution >= 4 is 33.0 Å². The third kappa shape index (κ3) is 5.38. The number of nitro groups is 1. The maximum Gasteiger partial charge on any atom is 0.271 e. The fraction of sp³-hybridized carbons (Fsp3) is 0.208. The molecule has 0 aliphatic carbocycles. The van der Waals surface area contributed by atoms with Gasteiger partial charge in [0.1, 0.15) is 6.54 Å². The summed E-state index contributed by atoms with van der Waals surface area (Å²) in [7, 11) is -4.18. The molecule has 0 spiro atoms. The van der Waals surface area contributed by atoms with Gasteiger partial charge in [-0.3, -0.25) is 19.2 Å². The monoisotopic (exact) mass is 467 g/mol. The molecule has 0 aliphatic rings. The van der Waals surface area contributed by atoms with Crippen LogP contribution in [0.3, 0.4) is 0 Å². The molecule has 0 radical (unpaired) electrons. The van der Waals surface area contributed by atoms with Gasteiger partial charge in [-0.15, -0.1) is 0 Å². The molecule has 9 heteroatoms. The smallest absolute Gasteiger partial charge is 0.271 e. The van der Waals surface area contributed by atoms with Gasteiger partial charge in [-0.1, -0.05) is 48.9 Å². The third-order valence-electron chi connectivity index (χ3n) is 5.23. The Morgan fingerprint density at radius 1 is 1.03 bits per heavy atom. The number of nitrogens with one attached hydrogen (secondary N) is 1. The van der Waals surface area contributed by atoms with Crippen molar-refractivity contribution in [2.24, 2.45) is 0 Å². The van der Waals surface area contributed by atoms with E-state index in [1.165, 1.54) is 30.3 Å². The molecule has 8 nitrogen and oxygen atoms in total. The average molecular weight is 468 g/mol. The maximum absolute atomic E-state index is 13.5. The fourth-order valence-corrected chi connectivity index (χ4v) is 4.84. The normalized spacial score (nSPS) is 11.1. The lowest BCUT2D eigenvalue weighted by molar-refractivity contribution is -0.384. The summed E-state index contributed by atoms with van der Waals surface area (Å²) in [6, 6.07) is 17.1. The van der Waals surface area contributed by atoms with Crippen LogP contribution in [0.1, 0.15) is 23.6 Å². The molecule has 0 heterocycles. The molecule has 3 aromatic carbocycles. The minimum atomic E-state index is -4.18. The second-order valence-corrected chi connectivity index (χ2v) is 9.47. The Kier molecular flexibility index (Phi) is 7.13. The summed E-state index contributed by atoms with van der Waals surface area (Å²) in [5, 5.41) is 14.1. The van der Waals surface area contributed by atoms with Crippen molar-refractivity contribution in [1.82, 2.24) is 0 Å². The first kappa shape index (κ1) is 23.9. The van der Waals surface area contributed by atoms with Crippen molar-refractivity contribution in [3.05, 3.63) is 93.5 Å². The van der Waals surface area contributed by atoms with Crippen LogP contribution in [0, 0.1) is 24.0 Å². The topological polar surface area (TPSA) is 110 Å². The Morgan fingerprint density at radius 2 is 1.70 bits per heavy atom. The van der Waals surface area contributed by atoms with E-state index in [4.69, 9.17) is 0 Å². The number of carbonyl (C=O) groups excluding carboxylic acids is 1. The van der Waals surface area contributed by atoms with E-state index in [9.17, 15) is 23.3 Å². The highest BCUT2D eigenvalue weighted by Crippen LogP contribution is 2.28. The van der Waals surface area contributed by atoms with Crippen molar-refractivity contribution < 1.29 is 18.1 Å². The number of nitrogens with zero attached hydrogens (tertiary/aromatic N) is 2. The van der Waals surface area contributed by atoms with Crippen molar-refractivity contribution in [3.8, 4) is 0 Å². The number of amides is 1. The molecule has 0 unspecified atom stereocenters. The van der Waals surface area contributed by atoms with Gasteiger partial charge in [0.2, 0.25) is 5.91 Å². The Balaban J connectivity index is 2.02. The maximum atomic E-state index is 13.5. The highest BCUT2D eigenvalue weighted by Gasteiger charge is 2.28. The Hall–Kier alpha value is -3.72. The van der Waals surface area contributed by atoms with Crippen LogP contribution < -0.4 is 9.62 Å². The van der Waals surface area contributed by atoms with E-state index in [2.05, 4.69) is 5.32 Å². The van der Waals surface area contributed by atoms with Gasteiger partial charge < -0.3 is 5.32 Å². The molecule has 1 amide bonds. The van der Waals surface area contributed by atoms with Crippen LogP contribution in [0.5, 0.6) is 0 Å². The van der Waals surface area contributed by atoms with Crippen molar-refractivity contribution in [3.63, 3.8) is 0 Å². The van der Waals surface area contributed by atoms with Crippen LogP contribution in [0.25, 0.3) is 0 Å². The van der Waals surface area contributed by atoms with Gasteiger partial charge in [-0.25, -0.2) is 8.42 Å². The van der Waals surface area contributed by atoms with Gasteiger partial charge in [0, 0.05) is 17.8 Å². The number of anilines is 2. The minimum Gasteiger partial charge on any atom is -0.324 e. The molecule has 172 valence electrons. The van der Waals surface area contributed by atoms with Gasteiger partial charge in [-0.05, 0) is 49.6 Å². The lowest BCUT2D eigenvalue weighted by atomic mass is 10.1. The zero-order valence-electron chi connectivity index (χ0n) is 18.6. The van der Waals surface area contributed by atoms with E-state index >= 15 is 0 Å². The van der Waals surface area contributed by atoms with Gasteiger partial charge >= 0.3 is 0 Å². The van der Waals surface area contributed by atoms with Crippen molar-refractivity contribution in [2.45, 2.75) is 32.1 Å². The van der Waals surface area contributed by atoms with E-state index < -0.39 is 27.4 Å². The first-order valence-electron chi connectivity index (χ1n) is 10.4. The number of rotatable bonds is 8. The number of non-ortho nitro benzene ring substituents is 1. The van der Waals surface area contributed by atoms with Crippen LogP contribution in [0.4, 0.5) is 17.1 Å². The number of benzene rings is 3. The number of hydrogen-bond donors (Lipinski definition) is 1. The Labute approximate surface area is 193 Å². The second kappa shape index (κ2) is 9.83. The van der Waals surface area contributed by atoms with Gasteiger partial charge in [0.05, 0.1) is 15.5 Å². The molecule has 3 aromatic rings. The highest BCUT2D eigenvalue weighted by molar-refractivity contribution is 7.92. The van der Waals surface area contributed by atoms with Crippen molar-refractivity contribution in [1.29, 1.82) is 0 Å². The van der Waals surface area contributed by atoms with Crippen LogP contribution in [0.15, 0.2) is 71.6 Å². The van der Waals surface area contributed by atoms with Crippen LogP contribution in [-0.2, 0) is 21.2 Å². The zero-order chi connectivity index (χ0) is 24.2.